The molecule has 1 amide bonds. The van der Waals surface area contributed by atoms with Crippen molar-refractivity contribution in [3.8, 4) is 0 Å². The maximum Gasteiger partial charge on any atom is 0.261 e. The Kier molecular flexibility index (Phi) is 4.38. The molecule has 6 heteroatoms. The summed E-state index contributed by atoms with van der Waals surface area (Å²) in [5, 5.41) is 0. The highest BCUT2D eigenvalue weighted by Gasteiger charge is 2.30. The number of Topliss-reactive ketones (excluding diaryl/α,β-unsaturated/α-hetero) is 1. The molecule has 0 bridgehead atoms. The van der Waals surface area contributed by atoms with Gasteiger partial charge in [0.1, 0.15) is 11.3 Å². The monoisotopic (exact) mass is 328 g/mol. The lowest BCUT2D eigenvalue weighted by atomic mass is 9.84. The van der Waals surface area contributed by atoms with E-state index >= 15 is 0 Å². The van der Waals surface area contributed by atoms with Gasteiger partial charge in [-0.2, -0.15) is 0 Å². The Labute approximate surface area is 139 Å². The lowest BCUT2D eigenvalue weighted by molar-refractivity contribution is 0.0771. The van der Waals surface area contributed by atoms with Crippen LogP contribution in [0, 0.1) is 0 Å². The van der Waals surface area contributed by atoms with Crippen LogP contribution in [0.3, 0.4) is 0 Å². The van der Waals surface area contributed by atoms with Gasteiger partial charge in [0.15, 0.2) is 5.78 Å². The van der Waals surface area contributed by atoms with Crippen LogP contribution >= 0.6 is 0 Å². The number of aromatic nitrogens is 1. The molecule has 0 radical (unpaired) electrons. The summed E-state index contributed by atoms with van der Waals surface area (Å²) in [6, 6.07) is 5.07. The highest BCUT2D eigenvalue weighted by atomic mass is 16.3. The number of nitrogens with zero attached hydrogens (tertiary/aromatic N) is 1. The van der Waals surface area contributed by atoms with Crippen molar-refractivity contribution in [3.63, 3.8) is 0 Å². The van der Waals surface area contributed by atoms with Crippen LogP contribution in [0.25, 0.3) is 0 Å². The Morgan fingerprint density at radius 3 is 2.67 bits per heavy atom. The van der Waals surface area contributed by atoms with Crippen molar-refractivity contribution < 1.29 is 14.0 Å². The zero-order valence-corrected chi connectivity index (χ0v) is 13.8. The van der Waals surface area contributed by atoms with Crippen molar-refractivity contribution in [3.05, 3.63) is 57.4 Å². The molecule has 3 rings (SSSR count). The van der Waals surface area contributed by atoms with Crippen molar-refractivity contribution in [1.82, 2.24) is 9.88 Å². The molecule has 6 nitrogen and oxygen atoms in total. The van der Waals surface area contributed by atoms with Crippen molar-refractivity contribution >= 4 is 11.7 Å². The summed E-state index contributed by atoms with van der Waals surface area (Å²) in [6.07, 6.45) is 2.40. The lowest BCUT2D eigenvalue weighted by Crippen LogP contribution is -2.36. The SMILES string of the molecule is CCN(CC)C(=O)c1cc2c([nH]c1=O)CC(c1ccco1)CC2=O. The van der Waals surface area contributed by atoms with Gasteiger partial charge in [0, 0.05) is 36.7 Å². The van der Waals surface area contributed by atoms with Gasteiger partial charge in [0.05, 0.1) is 6.26 Å². The van der Waals surface area contributed by atoms with Crippen LogP contribution in [0.15, 0.2) is 33.7 Å². The normalized spacial score (nSPS) is 16.8. The fourth-order valence-electron chi connectivity index (χ4n) is 3.20. The maximum atomic E-state index is 12.5. The van der Waals surface area contributed by atoms with Crippen LogP contribution in [-0.4, -0.2) is 34.7 Å². The smallest absolute Gasteiger partial charge is 0.261 e. The molecule has 0 aliphatic heterocycles. The fourth-order valence-corrected chi connectivity index (χ4v) is 3.20. The number of pyridine rings is 1. The van der Waals surface area contributed by atoms with E-state index in [9.17, 15) is 14.4 Å². The molecule has 0 saturated carbocycles. The van der Waals surface area contributed by atoms with Crippen LogP contribution in [0.4, 0.5) is 0 Å². The van der Waals surface area contributed by atoms with Crippen LogP contribution in [-0.2, 0) is 6.42 Å². The van der Waals surface area contributed by atoms with Crippen LogP contribution in [0.2, 0.25) is 0 Å². The number of carbonyl (C=O) groups is 2. The van der Waals surface area contributed by atoms with E-state index in [2.05, 4.69) is 4.98 Å². The van der Waals surface area contributed by atoms with Crippen molar-refractivity contribution in [2.45, 2.75) is 32.6 Å². The van der Waals surface area contributed by atoms with Crippen LogP contribution < -0.4 is 5.56 Å². The van der Waals surface area contributed by atoms with Gasteiger partial charge in [0.25, 0.3) is 11.5 Å². The molecule has 0 fully saturated rings. The molecule has 1 aliphatic carbocycles. The Bertz CT molecular complexity index is 816. The average molecular weight is 328 g/mol. The Morgan fingerprint density at radius 2 is 2.04 bits per heavy atom. The summed E-state index contributed by atoms with van der Waals surface area (Å²) in [4.78, 5) is 41.6. The molecular formula is C18H20N2O4. The molecule has 0 spiro atoms. The highest BCUT2D eigenvalue weighted by Crippen LogP contribution is 2.31. The summed E-state index contributed by atoms with van der Waals surface area (Å²) in [5.74, 6) is 0.227. The molecule has 1 aliphatic rings. The minimum absolute atomic E-state index is 0.0299. The molecule has 2 aromatic rings. The standard InChI is InChI=1S/C18H20N2O4/c1-3-20(4-2)18(23)13-10-12-14(19-17(13)22)8-11(9-15(12)21)16-6-5-7-24-16/h5-7,10-11H,3-4,8-9H2,1-2H3,(H,19,22). The third-order valence-corrected chi connectivity index (χ3v) is 4.53. The number of aromatic amines is 1. The first-order valence-electron chi connectivity index (χ1n) is 8.17. The van der Waals surface area contributed by atoms with E-state index in [4.69, 9.17) is 4.42 Å². The minimum Gasteiger partial charge on any atom is -0.469 e. The van der Waals surface area contributed by atoms with Crippen molar-refractivity contribution in [1.29, 1.82) is 0 Å². The van der Waals surface area contributed by atoms with Crippen LogP contribution in [0.5, 0.6) is 0 Å². The third-order valence-electron chi connectivity index (χ3n) is 4.53. The Morgan fingerprint density at radius 1 is 1.29 bits per heavy atom. The largest absolute Gasteiger partial charge is 0.469 e. The average Bonchev–Trinajstić information content (AvgIpc) is 3.09. The quantitative estimate of drug-likeness (QED) is 0.934. The Hall–Kier alpha value is -2.63. The van der Waals surface area contributed by atoms with Crippen molar-refractivity contribution in [2.24, 2.45) is 0 Å². The highest BCUT2D eigenvalue weighted by molar-refractivity contribution is 6.02. The predicted molar refractivity (Wildman–Crippen MR) is 88.4 cm³/mol. The topological polar surface area (TPSA) is 83.4 Å². The van der Waals surface area contributed by atoms with Gasteiger partial charge in [-0.25, -0.2) is 0 Å². The van der Waals surface area contributed by atoms with Gasteiger partial charge >= 0.3 is 0 Å². The number of furan rings is 1. The zero-order valence-electron chi connectivity index (χ0n) is 13.8. The van der Waals surface area contributed by atoms with Crippen molar-refractivity contribution in [2.75, 3.05) is 13.1 Å². The van der Waals surface area contributed by atoms with E-state index in [1.165, 1.54) is 6.07 Å². The second kappa shape index (κ2) is 6.47. The second-order valence-corrected chi connectivity index (χ2v) is 5.93. The molecule has 0 saturated heterocycles. The summed E-state index contributed by atoms with van der Waals surface area (Å²) in [5.41, 5.74) is 0.599. The van der Waals surface area contributed by atoms with E-state index in [-0.39, 0.29) is 23.2 Å². The Balaban J connectivity index is 1.97. The van der Waals surface area contributed by atoms with Crippen LogP contribution in [0.1, 0.15) is 58.4 Å². The number of rotatable bonds is 4. The molecule has 126 valence electrons. The predicted octanol–water partition coefficient (Wildman–Crippen LogP) is 2.36. The number of hydrogen-bond acceptors (Lipinski definition) is 4. The first-order valence-corrected chi connectivity index (χ1v) is 8.17. The number of carbonyl (C=O) groups excluding carboxylic acids is 2. The van der Waals surface area contributed by atoms with Gasteiger partial charge in [-0.3, -0.25) is 14.4 Å². The molecule has 2 heterocycles. The maximum absolute atomic E-state index is 12.5. The van der Waals surface area contributed by atoms with E-state index in [1.807, 2.05) is 19.9 Å². The number of hydrogen-bond donors (Lipinski definition) is 1. The summed E-state index contributed by atoms with van der Waals surface area (Å²) >= 11 is 0. The summed E-state index contributed by atoms with van der Waals surface area (Å²) in [7, 11) is 0. The molecule has 24 heavy (non-hydrogen) atoms. The molecule has 1 N–H and O–H groups in total. The number of H-pyrrole nitrogens is 1. The number of amides is 1. The molecule has 0 aromatic carbocycles. The minimum atomic E-state index is -0.446. The molecule has 1 unspecified atom stereocenters. The van der Waals surface area contributed by atoms with Gasteiger partial charge in [-0.15, -0.1) is 0 Å². The number of fused-ring (bicyclic) bond motifs is 1. The third kappa shape index (κ3) is 2.79. The van der Waals surface area contributed by atoms with E-state index in [1.54, 1.807) is 17.2 Å². The number of ketones is 1. The van der Waals surface area contributed by atoms with E-state index < -0.39 is 5.56 Å². The molecule has 2 aromatic heterocycles. The number of nitrogens with one attached hydrogen (secondary N) is 1. The van der Waals surface area contributed by atoms with E-state index in [0.717, 1.165) is 5.76 Å². The molecular weight excluding hydrogens is 308 g/mol. The first-order chi connectivity index (χ1) is 11.5. The fraction of sp³-hybridized carbons (Fsp3) is 0.389. The van der Waals surface area contributed by atoms with Gasteiger partial charge < -0.3 is 14.3 Å². The van der Waals surface area contributed by atoms with E-state index in [0.29, 0.717) is 37.2 Å². The first kappa shape index (κ1) is 16.2. The molecule has 1 atom stereocenters. The van der Waals surface area contributed by atoms with Gasteiger partial charge in [0.2, 0.25) is 0 Å². The second-order valence-electron chi connectivity index (χ2n) is 5.93. The lowest BCUT2D eigenvalue weighted by Gasteiger charge is -2.23. The van der Waals surface area contributed by atoms with Gasteiger partial charge in [-0.05, 0) is 38.5 Å². The summed E-state index contributed by atoms with van der Waals surface area (Å²) in [6.45, 7) is 4.74. The van der Waals surface area contributed by atoms with Gasteiger partial charge in [-0.1, -0.05) is 0 Å². The summed E-state index contributed by atoms with van der Waals surface area (Å²) < 4.78 is 5.38. The zero-order chi connectivity index (χ0) is 17.3.